The Bertz CT molecular complexity index is 1390. The molecule has 3 fully saturated rings. The van der Waals surface area contributed by atoms with Crippen molar-refractivity contribution in [2.75, 3.05) is 64.2 Å². The fraction of sp³-hybridized carbons (Fsp3) is 0.583. The average Bonchev–Trinajstić information content (AvgIpc) is 3.25. The zero-order valence-corrected chi connectivity index (χ0v) is 27.7. The Balaban J connectivity index is 1.09. The van der Waals surface area contributed by atoms with E-state index in [-0.39, 0.29) is 18.0 Å². The Morgan fingerprint density at radius 2 is 1.52 bits per heavy atom. The Morgan fingerprint density at radius 1 is 0.848 bits per heavy atom. The van der Waals surface area contributed by atoms with Gasteiger partial charge in [0.2, 0.25) is 0 Å². The van der Waals surface area contributed by atoms with Crippen LogP contribution >= 0.6 is 0 Å². The fourth-order valence-corrected chi connectivity index (χ4v) is 7.61. The van der Waals surface area contributed by atoms with E-state index in [1.54, 1.807) is 4.90 Å². The van der Waals surface area contributed by atoms with E-state index in [0.29, 0.717) is 58.0 Å². The van der Waals surface area contributed by atoms with E-state index in [0.717, 1.165) is 62.3 Å². The van der Waals surface area contributed by atoms with Crippen LogP contribution in [-0.2, 0) is 22.4 Å². The summed E-state index contributed by atoms with van der Waals surface area (Å²) in [5, 5.41) is 6.50. The molecular formula is C36H50N6O4. The van der Waals surface area contributed by atoms with Crippen LogP contribution in [0.3, 0.4) is 0 Å². The number of rotatable bonds is 6. The van der Waals surface area contributed by atoms with E-state index >= 15 is 0 Å². The number of aryl methyl sites for hydroxylation is 2. The number of fused-ring (bicyclic) bond motifs is 1. The number of hydrogen-bond acceptors (Lipinski definition) is 6. The molecule has 4 aliphatic rings. The number of likely N-dealkylation sites (tertiary alicyclic amines) is 1. The van der Waals surface area contributed by atoms with Gasteiger partial charge < -0.3 is 30.1 Å². The number of ether oxygens (including phenoxy) is 1. The molecule has 46 heavy (non-hydrogen) atoms. The van der Waals surface area contributed by atoms with Crippen molar-refractivity contribution in [1.82, 2.24) is 24.9 Å². The first-order chi connectivity index (χ1) is 22.3. The summed E-state index contributed by atoms with van der Waals surface area (Å²) in [7, 11) is 0. The third-order valence-electron chi connectivity index (χ3n) is 10.7. The standard InChI is InChI=1S/C36H50N6O4/c1-25-22-28(23-26(2)27(25)3)24-33(34(43)40-20-18-39(19-21-40)30-8-13-37-14-9-30)46-36(45)41-15-11-31(12-16-41)42-17-10-29-6-4-5-7-32(29)38-35(42)44/h4-7,22-23,30-31,33,37H,8-21,24H2,1-3H3,(H,38,44)/t33-/m1/s1. The Labute approximate surface area is 273 Å². The number of carbonyl (C=O) groups excluding carboxylic acids is 3. The number of benzene rings is 2. The molecule has 2 aromatic carbocycles. The maximum Gasteiger partial charge on any atom is 0.410 e. The molecule has 0 saturated carbocycles. The van der Waals surface area contributed by atoms with Gasteiger partial charge in [-0.05, 0) is 99.8 Å². The minimum Gasteiger partial charge on any atom is -0.436 e. The van der Waals surface area contributed by atoms with Crippen molar-refractivity contribution in [3.05, 3.63) is 64.2 Å². The molecular weight excluding hydrogens is 580 g/mol. The van der Waals surface area contributed by atoms with Gasteiger partial charge in [-0.15, -0.1) is 0 Å². The summed E-state index contributed by atoms with van der Waals surface area (Å²) in [6.45, 7) is 13.0. The minimum absolute atomic E-state index is 0.0468. The fourth-order valence-electron chi connectivity index (χ4n) is 7.61. The van der Waals surface area contributed by atoms with Crippen LogP contribution in [-0.4, -0.2) is 115 Å². The van der Waals surface area contributed by atoms with Gasteiger partial charge in [-0.2, -0.15) is 0 Å². The number of hydrogen-bond donors (Lipinski definition) is 2. The molecule has 4 amide bonds. The van der Waals surface area contributed by atoms with E-state index in [1.165, 1.54) is 16.7 Å². The Hall–Kier alpha value is -3.63. The highest BCUT2D eigenvalue weighted by Crippen LogP contribution is 2.26. The summed E-state index contributed by atoms with van der Waals surface area (Å²) >= 11 is 0. The van der Waals surface area contributed by atoms with Gasteiger partial charge in [0.1, 0.15) is 0 Å². The van der Waals surface area contributed by atoms with E-state index < -0.39 is 12.2 Å². The van der Waals surface area contributed by atoms with E-state index in [9.17, 15) is 14.4 Å². The summed E-state index contributed by atoms with van der Waals surface area (Å²) in [6, 6.07) is 12.7. The predicted molar refractivity (Wildman–Crippen MR) is 179 cm³/mol. The lowest BCUT2D eigenvalue weighted by Crippen LogP contribution is -2.56. The second-order valence-corrected chi connectivity index (χ2v) is 13.5. The smallest absolute Gasteiger partial charge is 0.410 e. The number of nitrogens with zero attached hydrogens (tertiary/aromatic N) is 4. The molecule has 4 aliphatic heterocycles. The molecule has 0 aliphatic carbocycles. The molecule has 0 spiro atoms. The molecule has 0 aromatic heterocycles. The highest BCUT2D eigenvalue weighted by atomic mass is 16.6. The van der Waals surface area contributed by atoms with Gasteiger partial charge in [-0.1, -0.05) is 30.3 Å². The number of para-hydroxylation sites is 1. The average molecular weight is 631 g/mol. The van der Waals surface area contributed by atoms with Crippen molar-refractivity contribution in [3.63, 3.8) is 0 Å². The number of anilines is 1. The zero-order chi connectivity index (χ0) is 32.2. The van der Waals surface area contributed by atoms with Gasteiger partial charge in [0.15, 0.2) is 6.10 Å². The van der Waals surface area contributed by atoms with Crippen molar-refractivity contribution >= 4 is 23.7 Å². The Kier molecular flexibility index (Phi) is 10.1. The van der Waals surface area contributed by atoms with Gasteiger partial charge in [0, 0.05) is 70.0 Å². The highest BCUT2D eigenvalue weighted by Gasteiger charge is 2.36. The van der Waals surface area contributed by atoms with Gasteiger partial charge >= 0.3 is 12.1 Å². The largest absolute Gasteiger partial charge is 0.436 e. The maximum absolute atomic E-state index is 14.0. The summed E-state index contributed by atoms with van der Waals surface area (Å²) in [5.74, 6) is -0.107. The van der Waals surface area contributed by atoms with Crippen LogP contribution < -0.4 is 10.6 Å². The number of nitrogens with one attached hydrogen (secondary N) is 2. The van der Waals surface area contributed by atoms with Gasteiger partial charge in [0.05, 0.1) is 0 Å². The van der Waals surface area contributed by atoms with Crippen LogP contribution in [0.5, 0.6) is 0 Å². The van der Waals surface area contributed by atoms with Crippen LogP contribution in [0.4, 0.5) is 15.3 Å². The van der Waals surface area contributed by atoms with Crippen molar-refractivity contribution in [3.8, 4) is 0 Å². The first-order valence-electron chi connectivity index (χ1n) is 17.2. The molecule has 2 N–H and O–H groups in total. The SMILES string of the molecule is Cc1cc(C[C@@H](OC(=O)N2CCC(N3CCc4ccccc4NC3=O)CC2)C(=O)N2CCN(C3CCNCC3)CC2)cc(C)c1C. The number of piperidine rings is 2. The molecule has 0 radical (unpaired) electrons. The second-order valence-electron chi connectivity index (χ2n) is 13.5. The topological polar surface area (TPSA) is 97.5 Å². The summed E-state index contributed by atoms with van der Waals surface area (Å²) in [5.41, 5.74) is 6.60. The summed E-state index contributed by atoms with van der Waals surface area (Å²) in [4.78, 5) is 48.7. The first-order valence-corrected chi connectivity index (χ1v) is 17.2. The van der Waals surface area contributed by atoms with Crippen molar-refractivity contribution in [2.45, 2.75) is 77.5 Å². The van der Waals surface area contributed by atoms with Crippen molar-refractivity contribution in [2.24, 2.45) is 0 Å². The van der Waals surface area contributed by atoms with Crippen LogP contribution in [0.15, 0.2) is 36.4 Å². The maximum atomic E-state index is 14.0. The van der Waals surface area contributed by atoms with Crippen LogP contribution in [0.2, 0.25) is 0 Å². The van der Waals surface area contributed by atoms with Gasteiger partial charge in [-0.25, -0.2) is 9.59 Å². The van der Waals surface area contributed by atoms with Crippen molar-refractivity contribution < 1.29 is 19.1 Å². The number of piperazine rings is 1. The molecule has 1 atom stereocenters. The minimum atomic E-state index is -0.882. The molecule has 248 valence electrons. The molecule has 10 heteroatoms. The molecule has 3 saturated heterocycles. The lowest BCUT2D eigenvalue weighted by molar-refractivity contribution is -0.143. The van der Waals surface area contributed by atoms with Gasteiger partial charge in [0.25, 0.3) is 5.91 Å². The quantitative estimate of drug-likeness (QED) is 0.499. The third kappa shape index (κ3) is 7.33. The monoisotopic (exact) mass is 630 g/mol. The number of amides is 4. The van der Waals surface area contributed by atoms with E-state index in [1.807, 2.05) is 28.0 Å². The first kappa shape index (κ1) is 32.3. The molecule has 6 rings (SSSR count). The third-order valence-corrected chi connectivity index (χ3v) is 10.7. The highest BCUT2D eigenvalue weighted by molar-refractivity contribution is 5.91. The second kappa shape index (κ2) is 14.4. The number of urea groups is 1. The normalized spacial score (nSPS) is 20.9. The number of carbonyl (C=O) groups is 3. The molecule has 10 nitrogen and oxygen atoms in total. The Morgan fingerprint density at radius 3 is 2.22 bits per heavy atom. The van der Waals surface area contributed by atoms with E-state index in [4.69, 9.17) is 4.74 Å². The molecule has 0 unspecified atom stereocenters. The lowest BCUT2D eigenvalue weighted by Gasteiger charge is -2.41. The molecule has 4 heterocycles. The van der Waals surface area contributed by atoms with E-state index in [2.05, 4.69) is 54.5 Å². The summed E-state index contributed by atoms with van der Waals surface area (Å²) in [6.07, 6.45) is 3.46. The molecule has 0 bridgehead atoms. The lowest BCUT2D eigenvalue weighted by atomic mass is 9.97. The van der Waals surface area contributed by atoms with Crippen LogP contribution in [0, 0.1) is 20.8 Å². The predicted octanol–water partition coefficient (Wildman–Crippen LogP) is 4.11. The zero-order valence-electron chi connectivity index (χ0n) is 27.7. The van der Waals surface area contributed by atoms with Gasteiger partial charge in [-0.3, -0.25) is 9.69 Å². The van der Waals surface area contributed by atoms with Crippen LogP contribution in [0.25, 0.3) is 0 Å². The molecule has 2 aromatic rings. The summed E-state index contributed by atoms with van der Waals surface area (Å²) < 4.78 is 6.11. The van der Waals surface area contributed by atoms with Crippen molar-refractivity contribution in [1.29, 1.82) is 0 Å². The van der Waals surface area contributed by atoms with Crippen LogP contribution in [0.1, 0.15) is 53.5 Å².